The summed E-state index contributed by atoms with van der Waals surface area (Å²) in [6, 6.07) is 0.432. The Morgan fingerprint density at radius 2 is 2.20 bits per heavy atom. The fourth-order valence-electron chi connectivity index (χ4n) is 1.67. The van der Waals surface area contributed by atoms with Crippen LogP contribution in [0.3, 0.4) is 0 Å². The maximum Gasteiger partial charge on any atom is 0.243 e. The second-order valence-corrected chi connectivity index (χ2v) is 3.30. The van der Waals surface area contributed by atoms with E-state index in [1.807, 2.05) is 0 Å². The molecule has 2 nitrogen and oxygen atoms in total. The molecule has 56 valence electrons. The second kappa shape index (κ2) is 2.46. The van der Waals surface area contributed by atoms with Crippen LogP contribution in [0.2, 0.25) is 0 Å². The van der Waals surface area contributed by atoms with E-state index in [0.717, 1.165) is 6.42 Å². The van der Waals surface area contributed by atoms with Gasteiger partial charge in [-0.3, -0.25) is 0 Å². The number of ether oxygens (including phenoxy) is 1. The quantitative estimate of drug-likeness (QED) is 0.530. The van der Waals surface area contributed by atoms with Crippen LogP contribution in [0.4, 0.5) is 0 Å². The van der Waals surface area contributed by atoms with Gasteiger partial charge in [0.25, 0.3) is 0 Å². The molecule has 2 atom stereocenters. The van der Waals surface area contributed by atoms with E-state index in [4.69, 9.17) is 4.74 Å². The highest BCUT2D eigenvalue weighted by molar-refractivity contribution is 7.96. The summed E-state index contributed by atoms with van der Waals surface area (Å²) in [5, 5.41) is 0.594. The molecule has 0 aromatic rings. The number of aliphatic imine (C=N–C) groups is 1. The van der Waals surface area contributed by atoms with Gasteiger partial charge in [0.15, 0.2) is 0 Å². The van der Waals surface area contributed by atoms with Crippen molar-refractivity contribution >= 4 is 17.9 Å². The van der Waals surface area contributed by atoms with E-state index < -0.39 is 0 Å². The van der Waals surface area contributed by atoms with Crippen molar-refractivity contribution in [3.8, 4) is 0 Å². The Morgan fingerprint density at radius 1 is 1.40 bits per heavy atom. The molecule has 0 N–H and O–H groups in total. The molecule has 0 aromatic heterocycles. The van der Waals surface area contributed by atoms with E-state index in [2.05, 4.69) is 17.6 Å². The van der Waals surface area contributed by atoms with Crippen molar-refractivity contribution in [3.05, 3.63) is 0 Å². The predicted molar refractivity (Wildman–Crippen MR) is 43.6 cm³/mol. The number of rotatable bonds is 0. The Bertz CT molecular complexity index is 169. The van der Waals surface area contributed by atoms with Crippen molar-refractivity contribution < 1.29 is 4.74 Å². The van der Waals surface area contributed by atoms with Gasteiger partial charge in [0, 0.05) is 0 Å². The largest absolute Gasteiger partial charge is 0.468 e. The maximum atomic E-state index is 5.38. The average molecular weight is 157 g/mol. The van der Waals surface area contributed by atoms with E-state index in [9.17, 15) is 0 Å². The fraction of sp³-hybridized carbons (Fsp3) is 0.857. The minimum Gasteiger partial charge on any atom is -0.468 e. The molecule has 0 bridgehead atoms. The van der Waals surface area contributed by atoms with Gasteiger partial charge in [0.1, 0.15) is 6.10 Å². The van der Waals surface area contributed by atoms with E-state index in [0.29, 0.717) is 17.4 Å². The molecule has 2 unspecified atom stereocenters. The first-order valence-corrected chi connectivity index (χ1v) is 4.24. The second-order valence-electron chi connectivity index (χ2n) is 2.92. The van der Waals surface area contributed by atoms with E-state index in [1.165, 1.54) is 19.3 Å². The van der Waals surface area contributed by atoms with Crippen LogP contribution >= 0.6 is 12.6 Å². The van der Waals surface area contributed by atoms with Crippen LogP contribution in [0.1, 0.15) is 25.7 Å². The van der Waals surface area contributed by atoms with Crippen LogP contribution in [0.15, 0.2) is 4.99 Å². The van der Waals surface area contributed by atoms with E-state index in [1.54, 1.807) is 0 Å². The van der Waals surface area contributed by atoms with Crippen LogP contribution < -0.4 is 0 Å². The third-order valence-corrected chi connectivity index (χ3v) is 2.42. The third kappa shape index (κ3) is 1.03. The number of nitrogens with zero attached hydrogens (tertiary/aromatic N) is 1. The van der Waals surface area contributed by atoms with Gasteiger partial charge in [-0.2, -0.15) is 0 Å². The molecule has 2 rings (SSSR count). The van der Waals surface area contributed by atoms with Gasteiger partial charge in [-0.05, 0) is 19.3 Å². The summed E-state index contributed by atoms with van der Waals surface area (Å²) in [6.07, 6.45) is 5.31. The highest BCUT2D eigenvalue weighted by Crippen LogP contribution is 2.28. The Kier molecular flexibility index (Phi) is 1.60. The molecular formula is C7H11NOS. The van der Waals surface area contributed by atoms with Crippen molar-refractivity contribution in [2.75, 3.05) is 0 Å². The van der Waals surface area contributed by atoms with Crippen molar-refractivity contribution in [3.63, 3.8) is 0 Å². The molecule has 0 radical (unpaired) electrons. The monoisotopic (exact) mass is 157 g/mol. The van der Waals surface area contributed by atoms with Crippen LogP contribution in [0.25, 0.3) is 0 Å². The van der Waals surface area contributed by atoms with Gasteiger partial charge in [-0.15, -0.1) is 0 Å². The van der Waals surface area contributed by atoms with Gasteiger partial charge < -0.3 is 4.74 Å². The van der Waals surface area contributed by atoms with E-state index >= 15 is 0 Å². The third-order valence-electron chi connectivity index (χ3n) is 2.20. The molecule has 0 saturated heterocycles. The van der Waals surface area contributed by atoms with Crippen molar-refractivity contribution in [1.82, 2.24) is 0 Å². The smallest absolute Gasteiger partial charge is 0.243 e. The van der Waals surface area contributed by atoms with Gasteiger partial charge in [-0.25, -0.2) is 4.99 Å². The lowest BCUT2D eigenvalue weighted by atomic mass is 9.94. The molecule has 2 aliphatic rings. The van der Waals surface area contributed by atoms with Crippen LogP contribution in [-0.4, -0.2) is 17.4 Å². The molecule has 1 fully saturated rings. The first-order valence-electron chi connectivity index (χ1n) is 3.80. The molecular weight excluding hydrogens is 146 g/mol. The molecule has 1 saturated carbocycles. The molecule has 10 heavy (non-hydrogen) atoms. The highest BCUT2D eigenvalue weighted by Gasteiger charge is 2.31. The zero-order valence-corrected chi connectivity index (χ0v) is 6.68. The number of hydrogen-bond donors (Lipinski definition) is 1. The number of thiol groups is 1. The van der Waals surface area contributed by atoms with Crippen LogP contribution in [0, 0.1) is 0 Å². The molecule has 0 amide bonds. The Hall–Kier alpha value is -0.180. The normalized spacial score (nSPS) is 38.3. The summed E-state index contributed by atoms with van der Waals surface area (Å²) in [6.45, 7) is 0. The minimum atomic E-state index is 0.362. The summed E-state index contributed by atoms with van der Waals surface area (Å²) >= 11 is 4.07. The van der Waals surface area contributed by atoms with Crippen molar-refractivity contribution in [1.29, 1.82) is 0 Å². The molecule has 1 aliphatic heterocycles. The first-order chi connectivity index (χ1) is 4.86. The summed E-state index contributed by atoms with van der Waals surface area (Å²) in [5.41, 5.74) is 0. The molecule has 1 aliphatic carbocycles. The standard InChI is InChI=1S/C7H11NOS/c10-7-8-5-3-1-2-4-6(5)9-7/h5-6H,1-4H2,(H,8,10). The lowest BCUT2D eigenvalue weighted by Crippen LogP contribution is -2.25. The van der Waals surface area contributed by atoms with Crippen LogP contribution in [0.5, 0.6) is 0 Å². The Morgan fingerprint density at radius 3 is 3.00 bits per heavy atom. The Balaban J connectivity index is 2.06. The highest BCUT2D eigenvalue weighted by atomic mass is 32.1. The van der Waals surface area contributed by atoms with Crippen molar-refractivity contribution in [2.45, 2.75) is 37.8 Å². The summed E-state index contributed by atoms with van der Waals surface area (Å²) in [7, 11) is 0. The average Bonchev–Trinajstić information content (AvgIpc) is 2.27. The van der Waals surface area contributed by atoms with Gasteiger partial charge in [-0.1, -0.05) is 19.0 Å². The Labute approximate surface area is 66.1 Å². The molecule has 0 spiro atoms. The zero-order valence-electron chi connectivity index (χ0n) is 5.79. The van der Waals surface area contributed by atoms with E-state index in [-0.39, 0.29) is 0 Å². The summed E-state index contributed by atoms with van der Waals surface area (Å²) in [5.74, 6) is 0. The summed E-state index contributed by atoms with van der Waals surface area (Å²) in [4.78, 5) is 4.27. The summed E-state index contributed by atoms with van der Waals surface area (Å²) < 4.78 is 5.38. The maximum absolute atomic E-state index is 5.38. The minimum absolute atomic E-state index is 0.362. The number of fused-ring (bicyclic) bond motifs is 1. The lowest BCUT2D eigenvalue weighted by molar-refractivity contribution is 0.156. The predicted octanol–water partition coefficient (Wildman–Crippen LogP) is 1.61. The SMILES string of the molecule is SC1=NC2CCCCC2O1. The zero-order chi connectivity index (χ0) is 6.97. The number of hydrogen-bond acceptors (Lipinski definition) is 2. The van der Waals surface area contributed by atoms with Gasteiger partial charge in [0.05, 0.1) is 6.04 Å². The van der Waals surface area contributed by atoms with Crippen molar-refractivity contribution in [2.24, 2.45) is 4.99 Å². The molecule has 0 aromatic carbocycles. The first kappa shape index (κ1) is 6.53. The van der Waals surface area contributed by atoms with Gasteiger partial charge in [0.2, 0.25) is 5.23 Å². The lowest BCUT2D eigenvalue weighted by Gasteiger charge is -2.21. The fourth-order valence-corrected chi connectivity index (χ4v) is 1.95. The molecule has 1 heterocycles. The van der Waals surface area contributed by atoms with Gasteiger partial charge >= 0.3 is 0 Å². The van der Waals surface area contributed by atoms with Crippen LogP contribution in [-0.2, 0) is 4.74 Å². The topological polar surface area (TPSA) is 21.6 Å². The molecule has 3 heteroatoms.